The number of hydrogen-bond acceptors (Lipinski definition) is 6. The predicted molar refractivity (Wildman–Crippen MR) is 125 cm³/mol. The maximum Gasteiger partial charge on any atom is 0.242 e. The Hall–Kier alpha value is -2.95. The van der Waals surface area contributed by atoms with Gasteiger partial charge >= 0.3 is 0 Å². The van der Waals surface area contributed by atoms with Gasteiger partial charge in [0.1, 0.15) is 11.8 Å². The Morgan fingerprint density at radius 1 is 1.03 bits per heavy atom. The monoisotopic (exact) mass is 477 g/mol. The van der Waals surface area contributed by atoms with Gasteiger partial charge in [0, 0.05) is 19.6 Å². The number of aliphatic hydroxyl groups is 1. The number of rotatable bonds is 12. The summed E-state index contributed by atoms with van der Waals surface area (Å²) in [5, 5.41) is 11.6. The van der Waals surface area contributed by atoms with Crippen LogP contribution >= 0.6 is 0 Å². The molecule has 2 N–H and O–H groups in total. The summed E-state index contributed by atoms with van der Waals surface area (Å²) in [6.07, 6.45) is 1.05. The number of benzene rings is 2. The molecule has 0 saturated heterocycles. The second-order valence-electron chi connectivity index (χ2n) is 7.58. The first-order valence-electron chi connectivity index (χ1n) is 10.5. The molecule has 0 bridgehead atoms. The molecular formula is C23H31N3O6S. The average Bonchev–Trinajstić information content (AvgIpc) is 2.80. The number of aliphatic hydroxyl groups excluding tert-OH is 1. The Labute approximate surface area is 195 Å². The normalized spacial score (nSPS) is 12.3. The third-order valence-corrected chi connectivity index (χ3v) is 6.27. The fourth-order valence-electron chi connectivity index (χ4n) is 3.16. The summed E-state index contributed by atoms with van der Waals surface area (Å²) in [5.41, 5.74) is 1.49. The molecule has 0 radical (unpaired) electrons. The number of sulfonamides is 1. The zero-order chi connectivity index (χ0) is 24.4. The lowest BCUT2D eigenvalue weighted by molar-refractivity contribution is -0.140. The minimum atomic E-state index is -3.70. The summed E-state index contributed by atoms with van der Waals surface area (Å²) in [4.78, 5) is 27.2. The lowest BCUT2D eigenvalue weighted by Gasteiger charge is -2.31. The second-order valence-corrected chi connectivity index (χ2v) is 9.56. The van der Waals surface area contributed by atoms with Crippen LogP contribution in [0, 0.1) is 0 Å². The fraction of sp³-hybridized carbons (Fsp3) is 0.391. The van der Waals surface area contributed by atoms with E-state index < -0.39 is 34.4 Å². The first kappa shape index (κ1) is 26.3. The van der Waals surface area contributed by atoms with Gasteiger partial charge in [-0.15, -0.1) is 0 Å². The van der Waals surface area contributed by atoms with Gasteiger partial charge in [-0.1, -0.05) is 42.5 Å². The van der Waals surface area contributed by atoms with Crippen LogP contribution in [0.1, 0.15) is 18.1 Å². The van der Waals surface area contributed by atoms with Crippen LogP contribution in [0.25, 0.3) is 0 Å². The zero-order valence-electron chi connectivity index (χ0n) is 19.1. The van der Waals surface area contributed by atoms with E-state index in [9.17, 15) is 18.0 Å². The Morgan fingerprint density at radius 3 is 2.18 bits per heavy atom. The molecule has 180 valence electrons. The molecule has 9 nitrogen and oxygen atoms in total. The standard InChI is InChI=1S/C23H31N3O6S/c1-18(23(29)24-13-14-27)26(16-20-9-11-21(32-2)12-10-20)22(28)17-25(33(3,30)31)15-19-7-5-4-6-8-19/h4-12,18,27H,13-17H2,1-3H3,(H,24,29)/t18-/m0/s1. The summed E-state index contributed by atoms with van der Waals surface area (Å²) >= 11 is 0. The lowest BCUT2D eigenvalue weighted by atomic mass is 10.1. The average molecular weight is 478 g/mol. The summed E-state index contributed by atoms with van der Waals surface area (Å²) in [5.74, 6) is -0.310. The first-order valence-corrected chi connectivity index (χ1v) is 12.3. The molecule has 0 saturated carbocycles. The van der Waals surface area contributed by atoms with Crippen molar-refractivity contribution < 1.29 is 27.9 Å². The lowest BCUT2D eigenvalue weighted by Crippen LogP contribution is -2.51. The third kappa shape index (κ3) is 8.16. The van der Waals surface area contributed by atoms with Crippen molar-refractivity contribution in [3.63, 3.8) is 0 Å². The van der Waals surface area contributed by atoms with E-state index in [-0.39, 0.29) is 26.2 Å². The molecule has 10 heteroatoms. The first-order chi connectivity index (χ1) is 15.7. The smallest absolute Gasteiger partial charge is 0.242 e. The Morgan fingerprint density at radius 2 is 1.64 bits per heavy atom. The van der Waals surface area contributed by atoms with Crippen LogP contribution in [0.5, 0.6) is 5.75 Å². The molecule has 0 spiro atoms. The molecule has 0 heterocycles. The van der Waals surface area contributed by atoms with Gasteiger partial charge in [-0.05, 0) is 30.2 Å². The number of methoxy groups -OCH3 is 1. The molecule has 0 fully saturated rings. The van der Waals surface area contributed by atoms with E-state index in [1.807, 2.05) is 6.07 Å². The molecule has 0 aliphatic heterocycles. The third-order valence-electron chi connectivity index (χ3n) is 5.07. The molecule has 0 unspecified atom stereocenters. The van der Waals surface area contributed by atoms with Crippen molar-refractivity contribution in [2.75, 3.05) is 33.1 Å². The van der Waals surface area contributed by atoms with Crippen LogP contribution in [0.2, 0.25) is 0 Å². The van der Waals surface area contributed by atoms with Crippen molar-refractivity contribution in [2.24, 2.45) is 0 Å². The van der Waals surface area contributed by atoms with Gasteiger partial charge in [-0.3, -0.25) is 9.59 Å². The van der Waals surface area contributed by atoms with Gasteiger partial charge in [-0.2, -0.15) is 4.31 Å². The van der Waals surface area contributed by atoms with Crippen LogP contribution in [-0.2, 0) is 32.7 Å². The van der Waals surface area contributed by atoms with Crippen molar-refractivity contribution >= 4 is 21.8 Å². The van der Waals surface area contributed by atoms with Gasteiger partial charge in [0.25, 0.3) is 0 Å². The highest BCUT2D eigenvalue weighted by atomic mass is 32.2. The van der Waals surface area contributed by atoms with Crippen molar-refractivity contribution in [3.05, 3.63) is 65.7 Å². The number of carbonyl (C=O) groups is 2. The van der Waals surface area contributed by atoms with E-state index in [2.05, 4.69) is 5.32 Å². The Balaban J connectivity index is 2.27. The van der Waals surface area contributed by atoms with Crippen LogP contribution in [0.3, 0.4) is 0 Å². The molecule has 0 aliphatic rings. The molecule has 1 atom stereocenters. The van der Waals surface area contributed by atoms with Crippen molar-refractivity contribution in [1.82, 2.24) is 14.5 Å². The van der Waals surface area contributed by atoms with Crippen molar-refractivity contribution in [2.45, 2.75) is 26.1 Å². The number of nitrogens with zero attached hydrogens (tertiary/aromatic N) is 2. The van der Waals surface area contributed by atoms with Crippen molar-refractivity contribution in [1.29, 1.82) is 0 Å². The van der Waals surface area contributed by atoms with Gasteiger partial charge in [0.15, 0.2) is 0 Å². The number of amides is 2. The fourth-order valence-corrected chi connectivity index (χ4v) is 3.88. The topological polar surface area (TPSA) is 116 Å². The summed E-state index contributed by atoms with van der Waals surface area (Å²) in [6, 6.07) is 15.1. The maximum absolute atomic E-state index is 13.3. The molecule has 2 aromatic rings. The Bertz CT molecular complexity index is 1010. The van der Waals surface area contributed by atoms with Gasteiger partial charge in [0.2, 0.25) is 21.8 Å². The van der Waals surface area contributed by atoms with Crippen LogP contribution in [0.4, 0.5) is 0 Å². The number of ether oxygens (including phenoxy) is 1. The summed E-state index contributed by atoms with van der Waals surface area (Å²) < 4.78 is 31.0. The molecule has 2 aromatic carbocycles. The van der Waals surface area contributed by atoms with Crippen molar-refractivity contribution in [3.8, 4) is 5.75 Å². The highest BCUT2D eigenvalue weighted by Crippen LogP contribution is 2.16. The maximum atomic E-state index is 13.3. The highest BCUT2D eigenvalue weighted by Gasteiger charge is 2.29. The van der Waals surface area contributed by atoms with E-state index >= 15 is 0 Å². The van der Waals surface area contributed by atoms with E-state index in [0.717, 1.165) is 21.7 Å². The molecule has 2 amide bonds. The van der Waals surface area contributed by atoms with E-state index in [4.69, 9.17) is 9.84 Å². The van der Waals surface area contributed by atoms with Gasteiger partial charge < -0.3 is 20.1 Å². The number of hydrogen-bond donors (Lipinski definition) is 2. The Kier molecular flexibility index (Phi) is 9.83. The van der Waals surface area contributed by atoms with E-state index in [1.165, 1.54) is 4.90 Å². The summed E-state index contributed by atoms with van der Waals surface area (Å²) in [6.45, 7) is 1.10. The second kappa shape index (κ2) is 12.3. The van der Waals surface area contributed by atoms with Crippen LogP contribution in [0.15, 0.2) is 54.6 Å². The molecule has 0 aromatic heterocycles. The molecule has 2 rings (SSSR count). The zero-order valence-corrected chi connectivity index (χ0v) is 19.9. The van der Waals surface area contributed by atoms with Crippen LogP contribution < -0.4 is 10.1 Å². The molecular weight excluding hydrogens is 446 g/mol. The molecule has 33 heavy (non-hydrogen) atoms. The molecule has 0 aliphatic carbocycles. The number of nitrogens with one attached hydrogen (secondary N) is 1. The predicted octanol–water partition coefficient (Wildman–Crippen LogP) is 0.983. The van der Waals surface area contributed by atoms with E-state index in [0.29, 0.717) is 5.75 Å². The SMILES string of the molecule is COc1ccc(CN(C(=O)CN(Cc2ccccc2)S(C)(=O)=O)[C@@H](C)C(=O)NCCO)cc1. The van der Waals surface area contributed by atoms with Crippen LogP contribution in [-0.4, -0.2) is 73.6 Å². The highest BCUT2D eigenvalue weighted by molar-refractivity contribution is 7.88. The quantitative estimate of drug-likeness (QED) is 0.471. The summed E-state index contributed by atoms with van der Waals surface area (Å²) in [7, 11) is -2.15. The minimum absolute atomic E-state index is 0.0346. The van der Waals surface area contributed by atoms with Gasteiger partial charge in [0.05, 0.1) is 26.5 Å². The van der Waals surface area contributed by atoms with E-state index in [1.54, 1.807) is 62.6 Å². The minimum Gasteiger partial charge on any atom is -0.497 e. The number of carbonyl (C=O) groups excluding carboxylic acids is 2. The van der Waals surface area contributed by atoms with Gasteiger partial charge in [-0.25, -0.2) is 8.42 Å². The largest absolute Gasteiger partial charge is 0.497 e.